The molecule has 16 heavy (non-hydrogen) atoms. The Kier molecular flexibility index (Phi) is 3.84. The molecule has 1 rings (SSSR count). The number of aryl methyl sites for hydroxylation is 1. The highest BCUT2D eigenvalue weighted by molar-refractivity contribution is 6.36. The molecular weight excluding hydrogens is 249 g/mol. The number of carbonyl (C=O) groups excluding carboxylic acids is 1. The van der Waals surface area contributed by atoms with Gasteiger partial charge in [0.15, 0.2) is 0 Å². The fraction of sp³-hybridized carbons (Fsp3) is 0.364. The summed E-state index contributed by atoms with van der Waals surface area (Å²) in [6.45, 7) is 4.61. The van der Waals surface area contributed by atoms with Crippen LogP contribution in [0.15, 0.2) is 12.1 Å². The predicted molar refractivity (Wildman–Crippen MR) is 66.1 cm³/mol. The van der Waals surface area contributed by atoms with Crippen molar-refractivity contribution in [1.29, 1.82) is 0 Å². The molecule has 5 heteroatoms. The van der Waals surface area contributed by atoms with Crippen LogP contribution in [-0.4, -0.2) is 16.6 Å². The maximum atomic E-state index is 11.5. The van der Waals surface area contributed by atoms with Gasteiger partial charge in [-0.1, -0.05) is 23.2 Å². The van der Waals surface area contributed by atoms with Crippen LogP contribution in [0.2, 0.25) is 10.0 Å². The van der Waals surface area contributed by atoms with Gasteiger partial charge < -0.3 is 10.4 Å². The number of carbonyl (C=O) groups is 1. The topological polar surface area (TPSA) is 49.3 Å². The van der Waals surface area contributed by atoms with Crippen molar-refractivity contribution < 1.29 is 9.90 Å². The largest absolute Gasteiger partial charge is 0.381 e. The molecule has 0 aliphatic heterocycles. The lowest BCUT2D eigenvalue weighted by Gasteiger charge is -2.17. The lowest BCUT2D eigenvalue weighted by Crippen LogP contribution is -2.36. The summed E-state index contributed by atoms with van der Waals surface area (Å²) in [7, 11) is 0. The van der Waals surface area contributed by atoms with Crippen LogP contribution in [0.1, 0.15) is 19.4 Å². The lowest BCUT2D eigenvalue weighted by molar-refractivity contribution is -0.130. The van der Waals surface area contributed by atoms with Crippen molar-refractivity contribution in [3.8, 4) is 0 Å². The zero-order valence-corrected chi connectivity index (χ0v) is 10.8. The zero-order chi connectivity index (χ0) is 12.5. The molecule has 0 fully saturated rings. The molecule has 0 spiro atoms. The van der Waals surface area contributed by atoms with Crippen molar-refractivity contribution in [3.05, 3.63) is 27.7 Å². The first-order valence-corrected chi connectivity index (χ1v) is 5.47. The molecule has 0 aromatic heterocycles. The van der Waals surface area contributed by atoms with E-state index in [9.17, 15) is 9.90 Å². The first-order valence-electron chi connectivity index (χ1n) is 4.71. The fourth-order valence-electron chi connectivity index (χ4n) is 1.02. The molecule has 1 amide bonds. The maximum absolute atomic E-state index is 11.5. The second kappa shape index (κ2) is 4.62. The molecule has 0 radical (unpaired) electrons. The van der Waals surface area contributed by atoms with Crippen LogP contribution >= 0.6 is 23.2 Å². The second-order valence-electron chi connectivity index (χ2n) is 4.09. The van der Waals surface area contributed by atoms with E-state index in [2.05, 4.69) is 5.32 Å². The normalized spacial score (nSPS) is 11.4. The summed E-state index contributed by atoms with van der Waals surface area (Å²) in [4.78, 5) is 11.5. The molecule has 2 N–H and O–H groups in total. The minimum Gasteiger partial charge on any atom is -0.381 e. The summed E-state index contributed by atoms with van der Waals surface area (Å²) in [6, 6.07) is 3.22. The number of hydrogen-bond donors (Lipinski definition) is 2. The molecule has 0 saturated carbocycles. The Bertz CT molecular complexity index is 425. The van der Waals surface area contributed by atoms with Gasteiger partial charge in [-0.15, -0.1) is 0 Å². The molecule has 0 heterocycles. The molecule has 88 valence electrons. The number of rotatable bonds is 2. The van der Waals surface area contributed by atoms with Gasteiger partial charge in [0.1, 0.15) is 5.60 Å². The highest BCUT2D eigenvalue weighted by atomic mass is 35.5. The molecule has 0 saturated heterocycles. The van der Waals surface area contributed by atoms with Gasteiger partial charge in [0.05, 0.1) is 10.7 Å². The van der Waals surface area contributed by atoms with Crippen molar-refractivity contribution >= 4 is 34.8 Å². The van der Waals surface area contributed by atoms with E-state index in [1.807, 2.05) is 6.92 Å². The summed E-state index contributed by atoms with van der Waals surface area (Å²) < 4.78 is 0. The highest BCUT2D eigenvalue weighted by Gasteiger charge is 2.24. The van der Waals surface area contributed by atoms with E-state index in [0.717, 1.165) is 5.56 Å². The Morgan fingerprint density at radius 2 is 1.88 bits per heavy atom. The van der Waals surface area contributed by atoms with Gasteiger partial charge in [-0.05, 0) is 38.5 Å². The predicted octanol–water partition coefficient (Wildman–Crippen LogP) is 3.01. The van der Waals surface area contributed by atoms with E-state index in [1.165, 1.54) is 13.8 Å². The minimum atomic E-state index is -1.46. The van der Waals surface area contributed by atoms with Crippen LogP contribution in [0.25, 0.3) is 0 Å². The number of aliphatic hydroxyl groups is 1. The molecule has 1 aromatic rings. The van der Waals surface area contributed by atoms with Crippen LogP contribution in [0.5, 0.6) is 0 Å². The van der Waals surface area contributed by atoms with E-state index < -0.39 is 11.5 Å². The van der Waals surface area contributed by atoms with E-state index in [4.69, 9.17) is 23.2 Å². The van der Waals surface area contributed by atoms with Crippen molar-refractivity contribution in [2.24, 2.45) is 0 Å². The van der Waals surface area contributed by atoms with E-state index in [1.54, 1.807) is 12.1 Å². The van der Waals surface area contributed by atoms with Crippen LogP contribution < -0.4 is 5.32 Å². The summed E-state index contributed by atoms with van der Waals surface area (Å²) in [5.74, 6) is -0.533. The Labute approximate surface area is 104 Å². The van der Waals surface area contributed by atoms with E-state index >= 15 is 0 Å². The second-order valence-corrected chi connectivity index (χ2v) is 4.91. The van der Waals surface area contributed by atoms with E-state index in [0.29, 0.717) is 15.7 Å². The molecule has 0 aliphatic carbocycles. The van der Waals surface area contributed by atoms with Crippen molar-refractivity contribution in [1.82, 2.24) is 0 Å². The summed E-state index contributed by atoms with van der Waals surface area (Å²) in [5, 5.41) is 12.9. The first-order chi connectivity index (χ1) is 7.21. The quantitative estimate of drug-likeness (QED) is 0.860. The van der Waals surface area contributed by atoms with Gasteiger partial charge in [-0.3, -0.25) is 4.79 Å². The van der Waals surface area contributed by atoms with Crippen molar-refractivity contribution in [2.75, 3.05) is 5.32 Å². The lowest BCUT2D eigenvalue weighted by atomic mass is 10.1. The monoisotopic (exact) mass is 261 g/mol. The first kappa shape index (κ1) is 13.3. The highest BCUT2D eigenvalue weighted by Crippen LogP contribution is 2.29. The molecule has 1 aromatic carbocycles. The smallest absolute Gasteiger partial charge is 0.255 e. The Morgan fingerprint density at radius 3 is 2.38 bits per heavy atom. The van der Waals surface area contributed by atoms with Crippen molar-refractivity contribution in [2.45, 2.75) is 26.4 Å². The maximum Gasteiger partial charge on any atom is 0.255 e. The third-order valence-corrected chi connectivity index (χ3v) is 2.77. The molecule has 0 unspecified atom stereocenters. The van der Waals surface area contributed by atoms with Gasteiger partial charge >= 0.3 is 0 Å². The molecule has 0 aliphatic rings. The van der Waals surface area contributed by atoms with Gasteiger partial charge in [-0.25, -0.2) is 0 Å². The van der Waals surface area contributed by atoms with Crippen LogP contribution in [0.4, 0.5) is 5.69 Å². The van der Waals surface area contributed by atoms with Gasteiger partial charge in [-0.2, -0.15) is 0 Å². The number of halogens is 2. The Balaban J connectivity index is 2.99. The van der Waals surface area contributed by atoms with Crippen molar-refractivity contribution in [3.63, 3.8) is 0 Å². The van der Waals surface area contributed by atoms with Gasteiger partial charge in [0, 0.05) is 5.02 Å². The summed E-state index contributed by atoms with van der Waals surface area (Å²) >= 11 is 11.9. The number of nitrogens with one attached hydrogen (secondary N) is 1. The fourth-order valence-corrected chi connectivity index (χ4v) is 1.45. The zero-order valence-electron chi connectivity index (χ0n) is 9.27. The van der Waals surface area contributed by atoms with E-state index in [-0.39, 0.29) is 0 Å². The minimum absolute atomic E-state index is 0.388. The molecule has 3 nitrogen and oxygen atoms in total. The number of anilines is 1. The molecular formula is C11H13Cl2NO2. The summed E-state index contributed by atoms with van der Waals surface area (Å²) in [6.07, 6.45) is 0. The molecule has 0 atom stereocenters. The summed E-state index contributed by atoms with van der Waals surface area (Å²) in [5.41, 5.74) is -0.238. The number of amides is 1. The third kappa shape index (κ3) is 3.11. The van der Waals surface area contributed by atoms with Gasteiger partial charge in [0.2, 0.25) is 0 Å². The van der Waals surface area contributed by atoms with Crippen LogP contribution in [0, 0.1) is 6.92 Å². The Hall–Kier alpha value is -0.770. The van der Waals surface area contributed by atoms with Crippen LogP contribution in [-0.2, 0) is 4.79 Å². The third-order valence-electron chi connectivity index (χ3n) is 2.05. The van der Waals surface area contributed by atoms with Crippen LogP contribution in [0.3, 0.4) is 0 Å². The Morgan fingerprint density at radius 1 is 1.31 bits per heavy atom. The van der Waals surface area contributed by atoms with Gasteiger partial charge in [0.25, 0.3) is 5.91 Å². The standard InChI is InChI=1S/C11H13Cl2NO2/c1-6-4-8(13)9(5-7(6)12)14-10(15)11(2,3)16/h4-5,16H,1-3H3,(H,14,15). The SMILES string of the molecule is Cc1cc(Cl)c(NC(=O)C(C)(C)O)cc1Cl. The number of hydrogen-bond acceptors (Lipinski definition) is 2. The average Bonchev–Trinajstić information content (AvgIpc) is 2.12. The average molecular weight is 262 g/mol. The molecule has 0 bridgehead atoms. The number of benzene rings is 1.